The summed E-state index contributed by atoms with van der Waals surface area (Å²) in [5, 5.41) is 12.4. The first-order valence-corrected chi connectivity index (χ1v) is 14.7. The molecule has 0 bridgehead atoms. The van der Waals surface area contributed by atoms with Gasteiger partial charge in [-0.05, 0) is 66.3 Å². The molecule has 0 aliphatic carbocycles. The van der Waals surface area contributed by atoms with Crippen molar-refractivity contribution < 1.29 is 30.0 Å². The number of aryl methyl sites for hydroxylation is 2. The molecule has 3 aromatic carbocycles. The molecule has 40 heavy (non-hydrogen) atoms. The number of nitrogens with zero attached hydrogens (tertiary/aromatic N) is 1. The first-order valence-electron chi connectivity index (χ1n) is 14.7. The Balaban J connectivity index is 0.000000307. The van der Waals surface area contributed by atoms with Crippen LogP contribution in [0.5, 0.6) is 0 Å². The van der Waals surface area contributed by atoms with Crippen molar-refractivity contribution in [3.8, 4) is 0 Å². The second-order valence-corrected chi connectivity index (χ2v) is 11.3. The second kappa shape index (κ2) is 15.4. The molecule has 3 nitrogen and oxygen atoms in total. The molecular formula is C36H46IrNO2-. The minimum atomic E-state index is 0. The molecule has 0 amide bonds. The number of aliphatic hydroxyl groups excluding tert-OH is 1. The van der Waals surface area contributed by atoms with Gasteiger partial charge in [0, 0.05) is 43.4 Å². The van der Waals surface area contributed by atoms with E-state index in [1.807, 2.05) is 27.7 Å². The van der Waals surface area contributed by atoms with E-state index in [1.54, 1.807) is 0 Å². The molecule has 1 aliphatic rings. The Morgan fingerprint density at radius 2 is 1.60 bits per heavy atom. The predicted molar refractivity (Wildman–Crippen MR) is 166 cm³/mol. The Kier molecular flexibility index (Phi) is 13.0. The van der Waals surface area contributed by atoms with E-state index in [0.29, 0.717) is 5.92 Å². The van der Waals surface area contributed by atoms with Crippen LogP contribution < -0.4 is 0 Å². The molecule has 0 saturated carbocycles. The molecule has 1 heterocycles. The summed E-state index contributed by atoms with van der Waals surface area (Å²) in [6.07, 6.45) is 6.01. The van der Waals surface area contributed by atoms with Gasteiger partial charge in [-0.25, -0.2) is 0 Å². The maximum atomic E-state index is 11.7. The quantitative estimate of drug-likeness (QED) is 0.101. The van der Waals surface area contributed by atoms with Gasteiger partial charge in [-0.15, -0.1) is 34.9 Å². The average Bonchev–Trinajstić information content (AvgIpc) is 3.27. The Morgan fingerprint density at radius 1 is 0.950 bits per heavy atom. The van der Waals surface area contributed by atoms with Crippen LogP contribution in [0.15, 0.2) is 59.3 Å². The summed E-state index contributed by atoms with van der Waals surface area (Å²) in [6.45, 7) is 16.8. The van der Waals surface area contributed by atoms with Crippen LogP contribution >= 0.6 is 0 Å². The number of hydrogen-bond acceptors (Lipinski definition) is 3. The van der Waals surface area contributed by atoms with E-state index < -0.39 is 0 Å². The fraction of sp³-hybridized carbons (Fsp3) is 0.444. The summed E-state index contributed by atoms with van der Waals surface area (Å²) < 4.78 is 0. The Labute approximate surface area is 255 Å². The zero-order chi connectivity index (χ0) is 28.7. The largest absolute Gasteiger partial charge is 0.512 e. The molecule has 0 spiro atoms. The van der Waals surface area contributed by atoms with Crippen LogP contribution in [0.4, 0.5) is 5.69 Å². The summed E-state index contributed by atoms with van der Waals surface area (Å²) in [5.74, 6) is 1.20. The molecule has 0 unspecified atom stereocenters. The first-order chi connectivity index (χ1) is 18.6. The maximum Gasteiger partial charge on any atom is 0.162 e. The van der Waals surface area contributed by atoms with Gasteiger partial charge in [0.1, 0.15) is 0 Å². The smallest absolute Gasteiger partial charge is 0.162 e. The van der Waals surface area contributed by atoms with E-state index in [1.165, 1.54) is 33.5 Å². The Hall–Kier alpha value is -2.55. The number of rotatable bonds is 10. The van der Waals surface area contributed by atoms with Gasteiger partial charge in [0.05, 0.1) is 11.4 Å². The SMILES string of the molecule is CCC(CC)C(=O)/C=C(\O)C(CC)CC.Cc1[c-]c(C2=Nc3ccc(CC(C)C)c4cccc2c34)cc(C)c1.[Ir]. The number of aliphatic imine (C=N–C) groups is 1. The molecule has 0 aromatic heterocycles. The third kappa shape index (κ3) is 8.01. The van der Waals surface area contributed by atoms with Gasteiger partial charge in [-0.3, -0.25) is 9.79 Å². The number of hydrogen-bond donors (Lipinski definition) is 1. The molecule has 0 fully saturated rings. The minimum absolute atomic E-state index is 0. The number of aliphatic hydroxyl groups is 1. The summed E-state index contributed by atoms with van der Waals surface area (Å²) in [6, 6.07) is 18.9. The number of carbonyl (C=O) groups excluding carboxylic acids is 1. The minimum Gasteiger partial charge on any atom is -0.512 e. The van der Waals surface area contributed by atoms with Gasteiger partial charge in [0.25, 0.3) is 0 Å². The van der Waals surface area contributed by atoms with Crippen molar-refractivity contribution in [2.75, 3.05) is 0 Å². The summed E-state index contributed by atoms with van der Waals surface area (Å²) in [7, 11) is 0. The summed E-state index contributed by atoms with van der Waals surface area (Å²) >= 11 is 0. The van der Waals surface area contributed by atoms with Gasteiger partial charge < -0.3 is 5.11 Å². The van der Waals surface area contributed by atoms with Crippen molar-refractivity contribution in [2.45, 2.75) is 87.5 Å². The zero-order valence-electron chi connectivity index (χ0n) is 25.5. The van der Waals surface area contributed by atoms with Crippen LogP contribution in [0.25, 0.3) is 10.8 Å². The van der Waals surface area contributed by atoms with Crippen molar-refractivity contribution in [3.05, 3.63) is 88.2 Å². The molecule has 4 heteroatoms. The summed E-state index contributed by atoms with van der Waals surface area (Å²) in [5.41, 5.74) is 8.34. The molecule has 1 aliphatic heterocycles. The molecule has 0 atom stereocenters. The van der Waals surface area contributed by atoms with Gasteiger partial charge in [-0.1, -0.05) is 79.7 Å². The van der Waals surface area contributed by atoms with Crippen LogP contribution in [-0.4, -0.2) is 16.6 Å². The molecule has 1 N–H and O–H groups in total. The van der Waals surface area contributed by atoms with Crippen LogP contribution in [-0.2, 0) is 31.3 Å². The van der Waals surface area contributed by atoms with Crippen LogP contribution in [0, 0.1) is 37.7 Å². The monoisotopic (exact) mass is 717 g/mol. The number of benzene rings is 3. The third-order valence-electron chi connectivity index (χ3n) is 7.71. The number of allylic oxidation sites excluding steroid dienone is 2. The van der Waals surface area contributed by atoms with Gasteiger partial charge in [0.2, 0.25) is 0 Å². The predicted octanol–water partition coefficient (Wildman–Crippen LogP) is 9.81. The van der Waals surface area contributed by atoms with E-state index >= 15 is 0 Å². The fourth-order valence-corrected chi connectivity index (χ4v) is 5.55. The molecule has 3 aromatic rings. The third-order valence-corrected chi connectivity index (χ3v) is 7.71. The van der Waals surface area contributed by atoms with Gasteiger partial charge >= 0.3 is 0 Å². The van der Waals surface area contributed by atoms with Crippen molar-refractivity contribution in [2.24, 2.45) is 22.7 Å². The van der Waals surface area contributed by atoms with E-state index in [2.05, 4.69) is 76.2 Å². The zero-order valence-corrected chi connectivity index (χ0v) is 27.9. The van der Waals surface area contributed by atoms with E-state index in [4.69, 9.17) is 4.99 Å². The first kappa shape index (κ1) is 33.7. The number of ketones is 1. The van der Waals surface area contributed by atoms with Crippen LogP contribution in [0.2, 0.25) is 0 Å². The van der Waals surface area contributed by atoms with E-state index in [0.717, 1.165) is 54.6 Å². The van der Waals surface area contributed by atoms with Gasteiger partial charge in [0.15, 0.2) is 5.78 Å². The van der Waals surface area contributed by atoms with Crippen LogP contribution in [0.3, 0.4) is 0 Å². The molecular weight excluding hydrogens is 671 g/mol. The topological polar surface area (TPSA) is 49.7 Å². The molecule has 4 rings (SSSR count). The van der Waals surface area contributed by atoms with Crippen molar-refractivity contribution in [1.29, 1.82) is 0 Å². The van der Waals surface area contributed by atoms with E-state index in [9.17, 15) is 9.90 Å². The molecule has 0 saturated heterocycles. The van der Waals surface area contributed by atoms with E-state index in [-0.39, 0.29) is 43.5 Å². The maximum absolute atomic E-state index is 11.7. The fourth-order valence-electron chi connectivity index (χ4n) is 5.55. The van der Waals surface area contributed by atoms with Gasteiger partial charge in [-0.2, -0.15) is 0 Å². The van der Waals surface area contributed by atoms with Crippen molar-refractivity contribution >= 4 is 28.0 Å². The van der Waals surface area contributed by atoms with Crippen molar-refractivity contribution in [3.63, 3.8) is 0 Å². The van der Waals surface area contributed by atoms with Crippen molar-refractivity contribution in [1.82, 2.24) is 0 Å². The molecule has 217 valence electrons. The second-order valence-electron chi connectivity index (χ2n) is 11.3. The van der Waals surface area contributed by atoms with Crippen LogP contribution in [0.1, 0.15) is 95.0 Å². The average molecular weight is 717 g/mol. The standard InChI is InChI=1S/C23H22N.C13H24O2.Ir/c1-14(2)10-17-8-9-21-22-19(17)6-5-7-20(22)23(24-21)18-12-15(3)11-16(4)13-18;1-5-10(6-2)12(14)9-13(15)11(7-3)8-4;/h5-9,11-12,14H,10H2,1-4H3;9-11,14H,5-8H2,1-4H3;/q-1;;/b;12-9-;. The number of carbonyl (C=O) groups is 1. The molecule has 1 radical (unpaired) electrons. The Bertz CT molecular complexity index is 1340. The Morgan fingerprint density at radius 3 is 2.17 bits per heavy atom. The summed E-state index contributed by atoms with van der Waals surface area (Å²) in [4.78, 5) is 16.7. The normalized spacial score (nSPS) is 12.5.